The summed E-state index contributed by atoms with van der Waals surface area (Å²) in [4.78, 5) is 16.6. The van der Waals surface area contributed by atoms with Gasteiger partial charge in [-0.25, -0.2) is 0 Å². The highest BCUT2D eigenvalue weighted by molar-refractivity contribution is 5.88. The highest BCUT2D eigenvalue weighted by atomic mass is 16.6. The van der Waals surface area contributed by atoms with Gasteiger partial charge in [0.15, 0.2) is 0 Å². The van der Waals surface area contributed by atoms with E-state index < -0.39 is 0 Å². The van der Waals surface area contributed by atoms with Crippen LogP contribution in [-0.2, 0) is 0 Å². The van der Waals surface area contributed by atoms with Crippen molar-refractivity contribution in [2.24, 2.45) is 0 Å². The summed E-state index contributed by atoms with van der Waals surface area (Å²) in [5.41, 5.74) is 16.0. The number of aryl methyl sites for hydroxylation is 4. The minimum absolute atomic E-state index is 0.0511. The van der Waals surface area contributed by atoms with Gasteiger partial charge >= 0.3 is 0 Å². The fourth-order valence-electron chi connectivity index (χ4n) is 7.24. The molecule has 5 nitrogen and oxygen atoms in total. The molecule has 5 heteroatoms. The molecule has 0 amide bonds. The predicted molar refractivity (Wildman–Crippen MR) is 245 cm³/mol. The van der Waals surface area contributed by atoms with Crippen LogP contribution >= 0.6 is 0 Å². The first-order chi connectivity index (χ1) is 28.1. The van der Waals surface area contributed by atoms with E-state index in [0.29, 0.717) is 5.56 Å². The lowest BCUT2D eigenvalue weighted by atomic mass is 9.92. The Morgan fingerprint density at radius 2 is 1.05 bits per heavy atom. The molecular formula is C53H47N3O2. The van der Waals surface area contributed by atoms with Crippen LogP contribution in [0.4, 0.5) is 34.1 Å². The molecule has 0 atom stereocenters. The molecule has 7 aromatic carbocycles. The largest absolute Gasteiger partial charge is 0.314 e. The summed E-state index contributed by atoms with van der Waals surface area (Å²) >= 11 is 0. The maximum atomic E-state index is 12.4. The zero-order valence-corrected chi connectivity index (χ0v) is 33.7. The third-order valence-corrected chi connectivity index (χ3v) is 10.3. The van der Waals surface area contributed by atoms with Gasteiger partial charge in [0.2, 0.25) is 0 Å². The molecule has 7 rings (SSSR count). The number of hydrogen-bond acceptors (Lipinski definition) is 4. The molecule has 0 heterocycles. The Morgan fingerprint density at radius 3 is 1.57 bits per heavy atom. The van der Waals surface area contributed by atoms with Crippen LogP contribution in [0.15, 0.2) is 194 Å². The Bertz CT molecular complexity index is 2550. The van der Waals surface area contributed by atoms with E-state index in [0.717, 1.165) is 62.0 Å². The smallest absolute Gasteiger partial charge is 0.277 e. The third kappa shape index (κ3) is 8.75. The number of para-hydroxylation sites is 1. The molecule has 58 heavy (non-hydrogen) atoms. The first-order valence-electron chi connectivity index (χ1n) is 19.5. The zero-order chi connectivity index (χ0) is 40.8. The van der Waals surface area contributed by atoms with E-state index in [4.69, 9.17) is 0 Å². The van der Waals surface area contributed by atoms with Crippen LogP contribution in [-0.4, -0.2) is 4.92 Å². The van der Waals surface area contributed by atoms with E-state index in [-0.39, 0.29) is 10.6 Å². The number of rotatable bonds is 12. The van der Waals surface area contributed by atoms with Gasteiger partial charge in [-0.1, -0.05) is 114 Å². The topological polar surface area (TPSA) is 49.6 Å². The van der Waals surface area contributed by atoms with E-state index in [9.17, 15) is 10.1 Å². The standard InChI is InChI=1S/C53H47N3O2/c1-7-11-42(32-41(6)54(47-24-16-37(2)17-25-47)48-26-18-38(3)19-27-48)44-33-45(35-46(34-44)52-14-8-9-15-53(52)56(57)58)43-12-10-13-51(36-43)55(49-28-20-39(4)21-29-49)50-30-22-40(5)23-31-50/h7-36H,1H2,2-6H3/b41-32+,42-11+. The maximum Gasteiger partial charge on any atom is 0.277 e. The summed E-state index contributed by atoms with van der Waals surface area (Å²) in [6, 6.07) is 55.9. The molecule has 0 aliphatic carbocycles. The average Bonchev–Trinajstić information content (AvgIpc) is 3.23. The van der Waals surface area contributed by atoms with Crippen LogP contribution in [0, 0.1) is 37.8 Å². The minimum atomic E-state index is -0.311. The molecule has 0 fully saturated rings. The third-order valence-electron chi connectivity index (χ3n) is 10.3. The fourth-order valence-corrected chi connectivity index (χ4v) is 7.24. The molecule has 0 aromatic heterocycles. The monoisotopic (exact) mass is 757 g/mol. The number of nitrogens with zero attached hydrogens (tertiary/aromatic N) is 3. The van der Waals surface area contributed by atoms with E-state index in [2.05, 4.69) is 191 Å². The molecule has 0 radical (unpaired) electrons. The van der Waals surface area contributed by atoms with Crippen molar-refractivity contribution < 1.29 is 4.92 Å². The Morgan fingerprint density at radius 1 is 0.552 bits per heavy atom. The van der Waals surface area contributed by atoms with E-state index >= 15 is 0 Å². The van der Waals surface area contributed by atoms with Gasteiger partial charge in [0.05, 0.1) is 10.5 Å². The van der Waals surface area contributed by atoms with Crippen LogP contribution in [0.1, 0.15) is 34.7 Å². The minimum Gasteiger partial charge on any atom is -0.314 e. The van der Waals surface area contributed by atoms with Crippen molar-refractivity contribution in [1.29, 1.82) is 0 Å². The van der Waals surface area contributed by atoms with Gasteiger partial charge in [0, 0.05) is 40.2 Å². The van der Waals surface area contributed by atoms with Crippen molar-refractivity contribution >= 4 is 39.7 Å². The molecule has 0 aliphatic rings. The molecule has 0 unspecified atom stereocenters. The van der Waals surface area contributed by atoms with Crippen molar-refractivity contribution in [3.05, 3.63) is 232 Å². The van der Waals surface area contributed by atoms with Crippen LogP contribution in [0.5, 0.6) is 0 Å². The SMILES string of the molecule is C=C/C=C(\C=C(/C)N(c1ccc(C)cc1)c1ccc(C)cc1)c1cc(-c2cccc(N(c3ccc(C)cc3)c3ccc(C)cc3)c2)cc(-c2ccccc2[N+](=O)[O-])c1. The molecular weight excluding hydrogens is 711 g/mol. The lowest BCUT2D eigenvalue weighted by Gasteiger charge is -2.27. The van der Waals surface area contributed by atoms with Gasteiger partial charge in [-0.15, -0.1) is 0 Å². The van der Waals surface area contributed by atoms with Crippen molar-refractivity contribution in [1.82, 2.24) is 0 Å². The number of anilines is 5. The van der Waals surface area contributed by atoms with Crippen molar-refractivity contribution in [3.8, 4) is 22.3 Å². The summed E-state index contributed by atoms with van der Waals surface area (Å²) in [6.45, 7) is 14.6. The second kappa shape index (κ2) is 17.3. The highest BCUT2D eigenvalue weighted by Crippen LogP contribution is 2.40. The van der Waals surface area contributed by atoms with Crippen molar-refractivity contribution in [3.63, 3.8) is 0 Å². The second-order valence-electron chi connectivity index (χ2n) is 14.8. The Hall–Kier alpha value is -7.24. The summed E-state index contributed by atoms with van der Waals surface area (Å²) in [5.74, 6) is 0. The van der Waals surface area contributed by atoms with Crippen LogP contribution in [0.2, 0.25) is 0 Å². The molecule has 0 saturated carbocycles. The van der Waals surface area contributed by atoms with E-state index in [1.165, 1.54) is 22.3 Å². The summed E-state index contributed by atoms with van der Waals surface area (Å²) in [6.07, 6.45) is 5.96. The number of benzene rings is 7. The van der Waals surface area contributed by atoms with Gasteiger partial charge in [0.25, 0.3) is 5.69 Å². The summed E-state index contributed by atoms with van der Waals surface area (Å²) in [7, 11) is 0. The van der Waals surface area contributed by atoms with Crippen LogP contribution < -0.4 is 9.80 Å². The normalized spacial score (nSPS) is 11.6. The first-order valence-corrected chi connectivity index (χ1v) is 19.5. The molecule has 0 N–H and O–H groups in total. The van der Waals surface area contributed by atoms with Crippen molar-refractivity contribution in [2.75, 3.05) is 9.80 Å². The highest BCUT2D eigenvalue weighted by Gasteiger charge is 2.19. The molecule has 0 aliphatic heterocycles. The van der Waals surface area contributed by atoms with Gasteiger partial charge in [-0.05, 0) is 153 Å². The molecule has 0 saturated heterocycles. The molecule has 7 aromatic rings. The quantitative estimate of drug-likeness (QED) is 0.0707. The molecule has 286 valence electrons. The average molecular weight is 758 g/mol. The van der Waals surface area contributed by atoms with Crippen LogP contribution in [0.3, 0.4) is 0 Å². The Labute approximate surface area is 342 Å². The van der Waals surface area contributed by atoms with Gasteiger partial charge < -0.3 is 9.80 Å². The van der Waals surface area contributed by atoms with Gasteiger partial charge in [0.1, 0.15) is 0 Å². The van der Waals surface area contributed by atoms with E-state index in [1.807, 2.05) is 24.3 Å². The summed E-state index contributed by atoms with van der Waals surface area (Å²) in [5, 5.41) is 12.4. The maximum absolute atomic E-state index is 12.4. The number of nitro groups is 1. The predicted octanol–water partition coefficient (Wildman–Crippen LogP) is 14.9. The number of nitro benzene ring substituents is 1. The van der Waals surface area contributed by atoms with Crippen molar-refractivity contribution in [2.45, 2.75) is 34.6 Å². The van der Waals surface area contributed by atoms with Gasteiger partial charge in [-0.2, -0.15) is 0 Å². The Balaban J connectivity index is 1.41. The number of allylic oxidation sites excluding steroid dienone is 5. The fraction of sp³-hybridized carbons (Fsp3) is 0.0943. The second-order valence-corrected chi connectivity index (χ2v) is 14.8. The summed E-state index contributed by atoms with van der Waals surface area (Å²) < 4.78 is 0. The zero-order valence-electron chi connectivity index (χ0n) is 33.7. The Kier molecular flexibility index (Phi) is 11.6. The molecule has 0 spiro atoms. The first kappa shape index (κ1) is 39.0. The lowest BCUT2D eigenvalue weighted by molar-refractivity contribution is -0.384. The van der Waals surface area contributed by atoms with E-state index in [1.54, 1.807) is 18.2 Å². The van der Waals surface area contributed by atoms with Gasteiger partial charge in [-0.3, -0.25) is 10.1 Å². The molecule has 0 bridgehead atoms. The lowest BCUT2D eigenvalue weighted by Crippen LogP contribution is -2.14. The number of hydrogen-bond donors (Lipinski definition) is 0. The van der Waals surface area contributed by atoms with Crippen LogP contribution in [0.25, 0.3) is 27.8 Å².